The van der Waals surface area contributed by atoms with Gasteiger partial charge < -0.3 is 4.90 Å². The summed E-state index contributed by atoms with van der Waals surface area (Å²) < 4.78 is 0. The first kappa shape index (κ1) is 40.9. The van der Waals surface area contributed by atoms with Crippen molar-refractivity contribution >= 4 is 27.8 Å². The standard InChI is InChI=1S/C67H49N/c1-3-4-8-22-47(2)66(50-25-9-5-10-26-50)62-35-19-17-32-58(62)60-43-41-54(45-64(60)66)68(53-39-37-49(38-40-53)57-34-21-24-48-23-15-16-31-56(48)57)55-42-44-61-59-33-18-20-36-63(59)67(65(61)46-55,51-27-11-6-12-28-51)52-29-13-7-14-30-52/h3-46H,1H2,2H3/b8-4-,47-22+. The zero-order chi connectivity index (χ0) is 45.7. The van der Waals surface area contributed by atoms with Gasteiger partial charge in [-0.1, -0.05) is 243 Å². The third-order valence-electron chi connectivity index (χ3n) is 14.6. The average molecular weight is 868 g/mol. The molecule has 0 amide bonds. The number of hydrogen-bond donors (Lipinski definition) is 0. The molecule has 0 saturated heterocycles. The molecule has 2 aliphatic carbocycles. The van der Waals surface area contributed by atoms with Crippen LogP contribution in [0.15, 0.2) is 279 Å². The molecule has 1 nitrogen and oxygen atoms in total. The van der Waals surface area contributed by atoms with Crippen LogP contribution in [-0.2, 0) is 10.8 Å². The highest BCUT2D eigenvalue weighted by Gasteiger charge is 2.48. The van der Waals surface area contributed by atoms with Gasteiger partial charge in [-0.3, -0.25) is 0 Å². The van der Waals surface area contributed by atoms with Crippen molar-refractivity contribution in [2.45, 2.75) is 17.8 Å². The molecule has 68 heavy (non-hydrogen) atoms. The highest BCUT2D eigenvalue weighted by molar-refractivity contribution is 5.97. The number of nitrogens with zero attached hydrogens (tertiary/aromatic N) is 1. The van der Waals surface area contributed by atoms with Crippen LogP contribution >= 0.6 is 0 Å². The molecule has 0 spiro atoms. The van der Waals surface area contributed by atoms with E-state index in [1.165, 1.54) is 88.7 Å². The largest absolute Gasteiger partial charge is 0.310 e. The lowest BCUT2D eigenvalue weighted by Gasteiger charge is -2.36. The zero-order valence-corrected chi connectivity index (χ0v) is 38.1. The van der Waals surface area contributed by atoms with Crippen LogP contribution in [-0.4, -0.2) is 0 Å². The maximum Gasteiger partial charge on any atom is 0.0714 e. The molecule has 0 aliphatic heterocycles. The lowest BCUT2D eigenvalue weighted by atomic mass is 9.67. The Labute approximate surface area is 400 Å². The fraction of sp³-hybridized carbons (Fsp3) is 0.0448. The smallest absolute Gasteiger partial charge is 0.0714 e. The lowest BCUT2D eigenvalue weighted by molar-refractivity contribution is 0.746. The molecule has 322 valence electrons. The monoisotopic (exact) mass is 867 g/mol. The van der Waals surface area contributed by atoms with Gasteiger partial charge in [0.15, 0.2) is 0 Å². The van der Waals surface area contributed by atoms with E-state index >= 15 is 0 Å². The minimum Gasteiger partial charge on any atom is -0.310 e. The van der Waals surface area contributed by atoms with Gasteiger partial charge in [-0.25, -0.2) is 0 Å². The van der Waals surface area contributed by atoms with E-state index in [0.717, 1.165) is 17.1 Å². The van der Waals surface area contributed by atoms with Gasteiger partial charge in [-0.15, -0.1) is 0 Å². The van der Waals surface area contributed by atoms with Crippen LogP contribution in [0.25, 0.3) is 44.2 Å². The highest BCUT2D eigenvalue weighted by atomic mass is 15.1. The van der Waals surface area contributed by atoms with Crippen molar-refractivity contribution in [3.05, 3.63) is 318 Å². The molecule has 10 aromatic carbocycles. The van der Waals surface area contributed by atoms with Gasteiger partial charge in [0.2, 0.25) is 0 Å². The van der Waals surface area contributed by atoms with Crippen LogP contribution in [0.1, 0.15) is 45.9 Å². The molecular weight excluding hydrogens is 819 g/mol. The number of allylic oxidation sites excluding steroid dienone is 5. The van der Waals surface area contributed by atoms with Gasteiger partial charge in [-0.2, -0.15) is 0 Å². The Bertz CT molecular complexity index is 3540. The number of fused-ring (bicyclic) bond motifs is 7. The van der Waals surface area contributed by atoms with Crippen LogP contribution in [0.2, 0.25) is 0 Å². The normalized spacial score (nSPS) is 15.4. The van der Waals surface area contributed by atoms with Gasteiger partial charge >= 0.3 is 0 Å². The second kappa shape index (κ2) is 16.7. The quantitative estimate of drug-likeness (QED) is 0.124. The molecule has 1 atom stereocenters. The van der Waals surface area contributed by atoms with Crippen molar-refractivity contribution in [1.29, 1.82) is 0 Å². The first-order valence-corrected chi connectivity index (χ1v) is 23.6. The van der Waals surface area contributed by atoms with Crippen molar-refractivity contribution in [3.8, 4) is 33.4 Å². The fourth-order valence-corrected chi connectivity index (χ4v) is 11.7. The van der Waals surface area contributed by atoms with E-state index in [9.17, 15) is 0 Å². The van der Waals surface area contributed by atoms with Crippen molar-refractivity contribution in [1.82, 2.24) is 0 Å². The summed E-state index contributed by atoms with van der Waals surface area (Å²) in [4.78, 5) is 2.48. The third kappa shape index (κ3) is 6.24. The second-order valence-electron chi connectivity index (χ2n) is 18.0. The third-order valence-corrected chi connectivity index (χ3v) is 14.6. The molecule has 1 unspecified atom stereocenters. The van der Waals surface area contributed by atoms with E-state index in [0.29, 0.717) is 0 Å². The Morgan fingerprint density at radius 2 is 0.882 bits per heavy atom. The first-order chi connectivity index (χ1) is 33.6. The van der Waals surface area contributed by atoms with Crippen LogP contribution < -0.4 is 4.90 Å². The predicted octanol–water partition coefficient (Wildman–Crippen LogP) is 17.3. The zero-order valence-electron chi connectivity index (χ0n) is 38.1. The molecule has 2 aliphatic rings. The second-order valence-corrected chi connectivity index (χ2v) is 18.0. The summed E-state index contributed by atoms with van der Waals surface area (Å²) in [6, 6.07) is 90.0. The molecule has 0 saturated carbocycles. The van der Waals surface area contributed by atoms with Crippen LogP contribution in [0.5, 0.6) is 0 Å². The van der Waals surface area contributed by atoms with Gasteiger partial charge in [0.05, 0.1) is 10.8 Å². The van der Waals surface area contributed by atoms with E-state index in [4.69, 9.17) is 0 Å². The van der Waals surface area contributed by atoms with E-state index in [2.05, 4.69) is 273 Å². The molecule has 0 heterocycles. The molecule has 0 radical (unpaired) electrons. The molecule has 0 N–H and O–H groups in total. The van der Waals surface area contributed by atoms with Gasteiger partial charge in [-0.05, 0) is 126 Å². The summed E-state index contributed by atoms with van der Waals surface area (Å²) in [5, 5.41) is 2.48. The van der Waals surface area contributed by atoms with E-state index < -0.39 is 10.8 Å². The van der Waals surface area contributed by atoms with Gasteiger partial charge in [0.25, 0.3) is 0 Å². The Balaban J connectivity index is 1.12. The summed E-state index contributed by atoms with van der Waals surface area (Å²) in [6.45, 7) is 6.27. The Hall–Kier alpha value is -8.52. The molecule has 0 bridgehead atoms. The van der Waals surface area contributed by atoms with Crippen molar-refractivity contribution in [2.75, 3.05) is 4.90 Å². The van der Waals surface area contributed by atoms with Crippen LogP contribution in [0.3, 0.4) is 0 Å². The summed E-state index contributed by atoms with van der Waals surface area (Å²) in [7, 11) is 0. The molecule has 10 aromatic rings. The van der Waals surface area contributed by atoms with Crippen molar-refractivity contribution < 1.29 is 0 Å². The van der Waals surface area contributed by atoms with Gasteiger partial charge in [0.1, 0.15) is 0 Å². The summed E-state index contributed by atoms with van der Waals surface area (Å²) in [5.41, 5.74) is 19.7. The van der Waals surface area contributed by atoms with E-state index in [1.807, 2.05) is 12.2 Å². The molecule has 0 aromatic heterocycles. The lowest BCUT2D eigenvalue weighted by Crippen LogP contribution is -2.29. The SMILES string of the molecule is C=C/C=C\C=C(/C)C1(c2ccccc2)c2ccccc2-c2ccc(N(c3ccc(-c4cccc5ccccc45)cc3)c3ccc4c(c3)C(c3ccccc3)(c3ccccc3)c3ccccc3-4)cc21. The number of anilines is 3. The van der Waals surface area contributed by atoms with Crippen LogP contribution in [0, 0.1) is 0 Å². The maximum atomic E-state index is 3.98. The summed E-state index contributed by atoms with van der Waals surface area (Å²) in [5.74, 6) is 0. The summed E-state index contributed by atoms with van der Waals surface area (Å²) in [6.07, 6.45) is 8.25. The van der Waals surface area contributed by atoms with Crippen molar-refractivity contribution in [3.63, 3.8) is 0 Å². The average Bonchev–Trinajstić information content (AvgIpc) is 3.87. The highest BCUT2D eigenvalue weighted by Crippen LogP contribution is 2.59. The number of rotatable bonds is 10. The Kier molecular flexibility index (Phi) is 10.1. The van der Waals surface area contributed by atoms with Crippen molar-refractivity contribution in [2.24, 2.45) is 0 Å². The van der Waals surface area contributed by atoms with Crippen LogP contribution in [0.4, 0.5) is 17.1 Å². The maximum absolute atomic E-state index is 3.98. The Morgan fingerprint density at radius 3 is 1.54 bits per heavy atom. The summed E-state index contributed by atoms with van der Waals surface area (Å²) >= 11 is 0. The molecule has 0 fully saturated rings. The Morgan fingerprint density at radius 1 is 0.397 bits per heavy atom. The van der Waals surface area contributed by atoms with E-state index in [-0.39, 0.29) is 0 Å². The molecule has 1 heteroatoms. The first-order valence-electron chi connectivity index (χ1n) is 23.6. The number of benzene rings is 10. The molecule has 12 rings (SSSR count). The minimum absolute atomic E-state index is 0.544. The predicted molar refractivity (Wildman–Crippen MR) is 286 cm³/mol. The van der Waals surface area contributed by atoms with E-state index in [1.54, 1.807) is 0 Å². The topological polar surface area (TPSA) is 3.24 Å². The fourth-order valence-electron chi connectivity index (χ4n) is 11.7. The molecular formula is C67H49N. The number of hydrogen-bond acceptors (Lipinski definition) is 1. The van der Waals surface area contributed by atoms with Gasteiger partial charge in [0, 0.05) is 17.1 Å². The minimum atomic E-state index is -0.548.